The van der Waals surface area contributed by atoms with E-state index in [9.17, 15) is 4.79 Å². The maximum atomic E-state index is 12.5. The van der Waals surface area contributed by atoms with Crippen LogP contribution in [-0.4, -0.2) is 40.9 Å². The molecule has 5 heteroatoms. The van der Waals surface area contributed by atoms with Crippen molar-refractivity contribution < 1.29 is 9.53 Å². The predicted molar refractivity (Wildman–Crippen MR) is 83.7 cm³/mol. The van der Waals surface area contributed by atoms with Gasteiger partial charge in [-0.2, -0.15) is 0 Å². The van der Waals surface area contributed by atoms with Gasteiger partial charge in [-0.3, -0.25) is 14.7 Å². The molecule has 0 atom stereocenters. The molecule has 2 rings (SSSR count). The Morgan fingerprint density at radius 2 is 2.10 bits per heavy atom. The number of aliphatic imine (C=N–C) groups is 1. The van der Waals surface area contributed by atoms with Gasteiger partial charge in [-0.25, -0.2) is 0 Å². The standard InChI is InChI=1S/C15H20N2O2S/c1-4-20-15-16-9-10-17(15)14(18)12-5-7-13(8-6-12)19-11(2)3/h5-8,11H,4,9-10H2,1-3H3. The summed E-state index contributed by atoms with van der Waals surface area (Å²) in [5, 5.41) is 0.833. The van der Waals surface area contributed by atoms with Gasteiger partial charge >= 0.3 is 0 Å². The van der Waals surface area contributed by atoms with Crippen molar-refractivity contribution in [3.05, 3.63) is 29.8 Å². The number of hydrogen-bond donors (Lipinski definition) is 0. The third-order valence-corrected chi connectivity index (χ3v) is 3.69. The average Bonchev–Trinajstić information content (AvgIpc) is 2.87. The smallest absolute Gasteiger partial charge is 0.259 e. The zero-order chi connectivity index (χ0) is 14.5. The van der Waals surface area contributed by atoms with Crippen molar-refractivity contribution in [2.45, 2.75) is 26.9 Å². The highest BCUT2D eigenvalue weighted by Crippen LogP contribution is 2.19. The van der Waals surface area contributed by atoms with Gasteiger partial charge in [0.1, 0.15) is 5.75 Å². The normalized spacial score (nSPS) is 14.6. The highest BCUT2D eigenvalue weighted by Gasteiger charge is 2.24. The number of carbonyl (C=O) groups is 1. The topological polar surface area (TPSA) is 41.9 Å². The molecule has 0 unspecified atom stereocenters. The summed E-state index contributed by atoms with van der Waals surface area (Å²) < 4.78 is 5.58. The summed E-state index contributed by atoms with van der Waals surface area (Å²) in [5.74, 6) is 1.72. The molecule has 0 saturated carbocycles. The summed E-state index contributed by atoms with van der Waals surface area (Å²) in [5.41, 5.74) is 0.674. The molecule has 0 fully saturated rings. The lowest BCUT2D eigenvalue weighted by Gasteiger charge is -2.17. The monoisotopic (exact) mass is 292 g/mol. The summed E-state index contributed by atoms with van der Waals surface area (Å²) in [6.07, 6.45) is 0.134. The molecular weight excluding hydrogens is 272 g/mol. The first-order valence-electron chi connectivity index (χ1n) is 6.87. The lowest BCUT2D eigenvalue weighted by atomic mass is 10.2. The van der Waals surface area contributed by atoms with Gasteiger partial charge in [0.15, 0.2) is 5.17 Å². The van der Waals surface area contributed by atoms with Gasteiger partial charge in [0.05, 0.1) is 12.6 Å². The van der Waals surface area contributed by atoms with Crippen LogP contribution in [-0.2, 0) is 0 Å². The van der Waals surface area contributed by atoms with E-state index in [1.165, 1.54) is 0 Å². The van der Waals surface area contributed by atoms with Crippen LogP contribution in [0.25, 0.3) is 0 Å². The molecule has 4 nitrogen and oxygen atoms in total. The van der Waals surface area contributed by atoms with E-state index < -0.39 is 0 Å². The largest absolute Gasteiger partial charge is 0.491 e. The lowest BCUT2D eigenvalue weighted by molar-refractivity contribution is 0.0860. The molecule has 1 aliphatic heterocycles. The second-order valence-corrected chi connectivity index (χ2v) is 5.98. The van der Waals surface area contributed by atoms with Gasteiger partial charge < -0.3 is 4.74 Å². The number of thioether (sulfide) groups is 1. The lowest BCUT2D eigenvalue weighted by Crippen LogP contribution is -2.32. The number of rotatable bonds is 4. The van der Waals surface area contributed by atoms with E-state index in [-0.39, 0.29) is 12.0 Å². The maximum absolute atomic E-state index is 12.5. The number of ether oxygens (including phenoxy) is 1. The number of amidine groups is 1. The fourth-order valence-corrected chi connectivity index (χ4v) is 2.74. The van der Waals surface area contributed by atoms with Gasteiger partial charge in [-0.1, -0.05) is 18.7 Å². The fourth-order valence-electron chi connectivity index (χ4n) is 1.97. The maximum Gasteiger partial charge on any atom is 0.259 e. The quantitative estimate of drug-likeness (QED) is 0.856. The third-order valence-electron chi connectivity index (χ3n) is 2.79. The molecule has 0 saturated heterocycles. The summed E-state index contributed by atoms with van der Waals surface area (Å²) in [7, 11) is 0. The van der Waals surface area contributed by atoms with Crippen molar-refractivity contribution in [2.24, 2.45) is 4.99 Å². The van der Waals surface area contributed by atoms with Crippen molar-refractivity contribution in [3.8, 4) is 5.75 Å². The van der Waals surface area contributed by atoms with Gasteiger partial charge in [-0.15, -0.1) is 0 Å². The molecule has 1 heterocycles. The van der Waals surface area contributed by atoms with Crippen LogP contribution in [0.5, 0.6) is 5.75 Å². The molecule has 1 aromatic rings. The summed E-state index contributed by atoms with van der Waals surface area (Å²) in [4.78, 5) is 18.6. The SMILES string of the molecule is CCSC1=NCCN1C(=O)c1ccc(OC(C)C)cc1. The van der Waals surface area contributed by atoms with Crippen molar-refractivity contribution in [1.82, 2.24) is 4.90 Å². The summed E-state index contributed by atoms with van der Waals surface area (Å²) >= 11 is 1.61. The highest BCUT2D eigenvalue weighted by molar-refractivity contribution is 8.13. The van der Waals surface area contributed by atoms with Gasteiger partial charge in [0.2, 0.25) is 0 Å². The van der Waals surface area contributed by atoms with Crippen molar-refractivity contribution in [2.75, 3.05) is 18.8 Å². The number of amides is 1. The van der Waals surface area contributed by atoms with Crippen LogP contribution < -0.4 is 4.74 Å². The van der Waals surface area contributed by atoms with Crippen LogP contribution in [0.3, 0.4) is 0 Å². The minimum atomic E-state index is 0.0123. The molecule has 0 spiro atoms. The van der Waals surface area contributed by atoms with Crippen LogP contribution in [0.15, 0.2) is 29.3 Å². The van der Waals surface area contributed by atoms with Crippen LogP contribution in [0.4, 0.5) is 0 Å². The highest BCUT2D eigenvalue weighted by atomic mass is 32.2. The molecule has 1 aromatic carbocycles. The Hall–Kier alpha value is -1.49. The number of benzene rings is 1. The summed E-state index contributed by atoms with van der Waals surface area (Å²) in [6.45, 7) is 7.39. The number of nitrogens with zero attached hydrogens (tertiary/aromatic N) is 2. The Balaban J connectivity index is 2.07. The molecule has 1 amide bonds. The minimum absolute atomic E-state index is 0.0123. The van der Waals surface area contributed by atoms with Gasteiger partial charge in [0, 0.05) is 12.1 Å². The zero-order valence-corrected chi connectivity index (χ0v) is 12.9. The van der Waals surface area contributed by atoms with E-state index >= 15 is 0 Å². The first kappa shape index (κ1) is 14.9. The van der Waals surface area contributed by atoms with Gasteiger partial charge in [-0.05, 0) is 43.9 Å². The summed E-state index contributed by atoms with van der Waals surface area (Å²) in [6, 6.07) is 7.30. The molecule has 0 N–H and O–H groups in total. The first-order valence-corrected chi connectivity index (χ1v) is 7.86. The van der Waals surface area contributed by atoms with E-state index in [1.807, 2.05) is 38.1 Å². The predicted octanol–water partition coefficient (Wildman–Crippen LogP) is 3.04. The number of carbonyl (C=O) groups excluding carboxylic acids is 1. The van der Waals surface area contributed by atoms with Crippen LogP contribution in [0.1, 0.15) is 31.1 Å². The molecule has 108 valence electrons. The average molecular weight is 292 g/mol. The molecule has 0 aromatic heterocycles. The Kier molecular flexibility index (Phi) is 5.06. The Morgan fingerprint density at radius 3 is 2.70 bits per heavy atom. The molecule has 0 radical (unpaired) electrons. The molecule has 0 bridgehead atoms. The van der Waals surface area contributed by atoms with Crippen LogP contribution >= 0.6 is 11.8 Å². The third kappa shape index (κ3) is 3.54. The van der Waals surface area contributed by atoms with Crippen LogP contribution in [0, 0.1) is 0 Å². The number of hydrogen-bond acceptors (Lipinski definition) is 4. The Bertz CT molecular complexity index is 497. The second kappa shape index (κ2) is 6.79. The minimum Gasteiger partial charge on any atom is -0.491 e. The van der Waals surface area contributed by atoms with E-state index in [0.29, 0.717) is 18.7 Å². The molecule has 0 aliphatic carbocycles. The van der Waals surface area contributed by atoms with E-state index in [2.05, 4.69) is 11.9 Å². The molecular formula is C15H20N2O2S. The van der Waals surface area contributed by atoms with Gasteiger partial charge in [0.25, 0.3) is 5.91 Å². The van der Waals surface area contributed by atoms with Crippen LogP contribution in [0.2, 0.25) is 0 Å². The van der Waals surface area contributed by atoms with E-state index in [0.717, 1.165) is 16.7 Å². The fraction of sp³-hybridized carbons (Fsp3) is 0.467. The molecule has 20 heavy (non-hydrogen) atoms. The molecule has 1 aliphatic rings. The zero-order valence-electron chi connectivity index (χ0n) is 12.1. The van der Waals surface area contributed by atoms with E-state index in [1.54, 1.807) is 16.7 Å². The van der Waals surface area contributed by atoms with Crippen molar-refractivity contribution in [1.29, 1.82) is 0 Å². The van der Waals surface area contributed by atoms with Crippen molar-refractivity contribution in [3.63, 3.8) is 0 Å². The Morgan fingerprint density at radius 1 is 1.40 bits per heavy atom. The van der Waals surface area contributed by atoms with Crippen molar-refractivity contribution >= 4 is 22.8 Å². The Labute approximate surface area is 124 Å². The second-order valence-electron chi connectivity index (χ2n) is 4.75. The first-order chi connectivity index (χ1) is 9.61. The van der Waals surface area contributed by atoms with E-state index in [4.69, 9.17) is 4.74 Å².